The van der Waals surface area contributed by atoms with Crippen LogP contribution in [-0.2, 0) is 21.4 Å². The van der Waals surface area contributed by atoms with Gasteiger partial charge >= 0.3 is 0 Å². The number of nitrogens with one attached hydrogen (secondary N) is 1. The first-order valence-electron chi connectivity index (χ1n) is 10.9. The van der Waals surface area contributed by atoms with E-state index < -0.39 is 0 Å². The van der Waals surface area contributed by atoms with Gasteiger partial charge in [0, 0.05) is 20.0 Å². The van der Waals surface area contributed by atoms with Gasteiger partial charge in [-0.3, -0.25) is 9.59 Å². The van der Waals surface area contributed by atoms with E-state index >= 15 is 0 Å². The van der Waals surface area contributed by atoms with E-state index in [9.17, 15) is 9.18 Å². The number of halogens is 1. The molecule has 1 aliphatic heterocycles. The number of carbonyl (C=O) groups excluding carboxylic acids is 1. The van der Waals surface area contributed by atoms with Crippen molar-refractivity contribution in [2.75, 3.05) is 26.7 Å². The lowest BCUT2D eigenvalue weighted by molar-refractivity contribution is -0.123. The molecule has 1 atom stereocenters. The maximum Gasteiger partial charge on any atom is 0.290 e. The lowest BCUT2D eigenvalue weighted by Gasteiger charge is -2.40. The summed E-state index contributed by atoms with van der Waals surface area (Å²) in [6.45, 7) is 2.89. The van der Waals surface area contributed by atoms with Gasteiger partial charge in [0.05, 0.1) is 0 Å². The molecule has 0 bridgehead atoms. The van der Waals surface area contributed by atoms with Crippen LogP contribution in [0.3, 0.4) is 0 Å². The van der Waals surface area contributed by atoms with Crippen LogP contribution in [0.5, 0.6) is 0 Å². The molecule has 5 nitrogen and oxygen atoms in total. The van der Waals surface area contributed by atoms with Crippen LogP contribution in [0.15, 0.2) is 48.5 Å². The van der Waals surface area contributed by atoms with Gasteiger partial charge in [0.15, 0.2) is 0 Å². The summed E-state index contributed by atoms with van der Waals surface area (Å²) in [5, 5.41) is 9.63. The van der Waals surface area contributed by atoms with Crippen LogP contribution in [-0.4, -0.2) is 49.1 Å². The van der Waals surface area contributed by atoms with Crippen molar-refractivity contribution in [3.63, 3.8) is 0 Å². The Hall–Kier alpha value is -2.73. The number of amides is 1. The number of rotatable bonds is 5. The van der Waals surface area contributed by atoms with Crippen LogP contribution < -0.4 is 5.32 Å². The van der Waals surface area contributed by atoms with Crippen molar-refractivity contribution >= 4 is 12.4 Å². The topological polar surface area (TPSA) is 69.6 Å². The minimum Gasteiger partial charge on any atom is -0.483 e. The monoisotopic (exact) mass is 426 g/mol. The van der Waals surface area contributed by atoms with Crippen LogP contribution in [0, 0.1) is 5.82 Å². The molecule has 4 rings (SSSR count). The number of fused-ring (bicyclic) bond motifs is 2. The van der Waals surface area contributed by atoms with Gasteiger partial charge in [-0.2, -0.15) is 0 Å². The van der Waals surface area contributed by atoms with E-state index in [1.807, 2.05) is 6.07 Å². The number of carbonyl (C=O) groups is 2. The third-order valence-corrected chi connectivity index (χ3v) is 6.75. The van der Waals surface area contributed by atoms with Crippen LogP contribution in [0.2, 0.25) is 0 Å². The zero-order valence-corrected chi connectivity index (χ0v) is 18.0. The molecule has 0 aromatic heterocycles. The average Bonchev–Trinajstić information content (AvgIpc) is 3.06. The van der Waals surface area contributed by atoms with E-state index in [0.29, 0.717) is 6.42 Å². The van der Waals surface area contributed by atoms with Crippen molar-refractivity contribution in [3.8, 4) is 0 Å². The van der Waals surface area contributed by atoms with Crippen LogP contribution in [0.25, 0.3) is 0 Å². The van der Waals surface area contributed by atoms with Crippen molar-refractivity contribution in [1.29, 1.82) is 0 Å². The summed E-state index contributed by atoms with van der Waals surface area (Å²) < 4.78 is 14.1. The summed E-state index contributed by atoms with van der Waals surface area (Å²) in [6, 6.07) is 15.8. The first kappa shape index (κ1) is 22.9. The highest BCUT2D eigenvalue weighted by Crippen LogP contribution is 2.52. The molecule has 1 saturated heterocycles. The molecule has 31 heavy (non-hydrogen) atoms. The second-order valence-corrected chi connectivity index (χ2v) is 8.47. The van der Waals surface area contributed by atoms with Gasteiger partial charge in [0.1, 0.15) is 5.82 Å². The molecule has 1 aliphatic carbocycles. The molecule has 1 heterocycles. The Morgan fingerprint density at radius 1 is 1.23 bits per heavy atom. The fraction of sp³-hybridized carbons (Fsp3) is 0.440. The van der Waals surface area contributed by atoms with Crippen molar-refractivity contribution in [2.45, 2.75) is 43.4 Å². The first-order chi connectivity index (χ1) is 15.0. The predicted molar refractivity (Wildman–Crippen MR) is 119 cm³/mol. The molecule has 2 N–H and O–H groups in total. The average molecular weight is 427 g/mol. The van der Waals surface area contributed by atoms with E-state index in [4.69, 9.17) is 9.90 Å². The van der Waals surface area contributed by atoms with Gasteiger partial charge in [0.2, 0.25) is 5.91 Å². The molecule has 166 valence electrons. The molecule has 1 fully saturated rings. The maximum absolute atomic E-state index is 14.1. The second kappa shape index (κ2) is 10.5. The number of piperidine rings is 1. The van der Waals surface area contributed by atoms with Crippen molar-refractivity contribution < 1.29 is 19.1 Å². The normalized spacial score (nSPS) is 19.2. The molecule has 6 heteroatoms. The van der Waals surface area contributed by atoms with E-state index in [0.717, 1.165) is 50.9 Å². The van der Waals surface area contributed by atoms with Crippen molar-refractivity contribution in [2.24, 2.45) is 0 Å². The number of likely N-dealkylation sites (tertiary alicyclic amines) is 1. The minimum atomic E-state index is -0.250. The molecule has 2 aromatic rings. The molecule has 1 amide bonds. The smallest absolute Gasteiger partial charge is 0.290 e. The maximum atomic E-state index is 14.1. The summed E-state index contributed by atoms with van der Waals surface area (Å²) in [5.41, 5.74) is 3.74. The van der Waals surface area contributed by atoms with Crippen LogP contribution in [0.4, 0.5) is 4.39 Å². The Bertz CT molecular complexity index is 880. The summed E-state index contributed by atoms with van der Waals surface area (Å²) in [6.07, 6.45) is 4.61. The Kier molecular flexibility index (Phi) is 7.80. The highest BCUT2D eigenvalue weighted by Gasteiger charge is 2.45. The lowest BCUT2D eigenvalue weighted by Crippen LogP contribution is -2.42. The number of nitrogens with zero attached hydrogens (tertiary/aromatic N) is 1. The van der Waals surface area contributed by atoms with Crippen molar-refractivity contribution in [1.82, 2.24) is 10.2 Å². The van der Waals surface area contributed by atoms with Gasteiger partial charge in [-0.1, -0.05) is 36.4 Å². The fourth-order valence-electron chi connectivity index (χ4n) is 5.15. The van der Waals surface area contributed by atoms with E-state index in [2.05, 4.69) is 40.5 Å². The quantitative estimate of drug-likeness (QED) is 0.715. The molecule has 2 aromatic carbocycles. The summed E-state index contributed by atoms with van der Waals surface area (Å²) >= 11 is 0. The summed E-state index contributed by atoms with van der Waals surface area (Å²) in [7, 11) is 1.68. The number of hydrogen-bond acceptors (Lipinski definition) is 3. The number of carboxylic acid groups (broad SMARTS) is 1. The summed E-state index contributed by atoms with van der Waals surface area (Å²) in [4.78, 5) is 22.9. The van der Waals surface area contributed by atoms with Crippen LogP contribution in [0.1, 0.15) is 48.3 Å². The van der Waals surface area contributed by atoms with E-state index in [1.54, 1.807) is 19.2 Å². The standard InChI is InChI=1S/C24H29FN2O.CH2O2/c1-26-23(28)15-19-17-24(22-16-20(25)7-8-21(19)22)10-13-27(14-11-24)12-9-18-5-3-2-4-6-18;2-1-3/h2-8,16,19H,9-15,17H2,1H3,(H,26,28);1H,(H,2,3). The molecule has 0 saturated carbocycles. The second-order valence-electron chi connectivity index (χ2n) is 8.47. The van der Waals surface area contributed by atoms with Gasteiger partial charge < -0.3 is 15.3 Å². The van der Waals surface area contributed by atoms with E-state index in [-0.39, 0.29) is 29.5 Å². The third kappa shape index (κ3) is 5.50. The minimum absolute atomic E-state index is 0.0272. The highest BCUT2D eigenvalue weighted by atomic mass is 19.1. The van der Waals surface area contributed by atoms with Gasteiger partial charge in [-0.15, -0.1) is 0 Å². The largest absolute Gasteiger partial charge is 0.483 e. The molecule has 0 radical (unpaired) electrons. The Morgan fingerprint density at radius 3 is 2.55 bits per heavy atom. The predicted octanol–water partition coefficient (Wildman–Crippen LogP) is 3.73. The van der Waals surface area contributed by atoms with Gasteiger partial charge in [-0.05, 0) is 78.9 Å². The van der Waals surface area contributed by atoms with Gasteiger partial charge in [0.25, 0.3) is 6.47 Å². The van der Waals surface area contributed by atoms with Gasteiger partial charge in [-0.25, -0.2) is 4.39 Å². The number of benzene rings is 2. The third-order valence-electron chi connectivity index (χ3n) is 6.75. The summed E-state index contributed by atoms with van der Waals surface area (Å²) in [5.74, 6) is 0.106. The zero-order chi connectivity index (χ0) is 22.3. The molecular formula is C25H31FN2O3. The van der Waals surface area contributed by atoms with E-state index in [1.165, 1.54) is 11.1 Å². The molecular weight excluding hydrogens is 395 g/mol. The Labute approximate surface area is 183 Å². The molecule has 1 spiro atoms. The lowest BCUT2D eigenvalue weighted by atomic mass is 9.73. The SMILES string of the molecule is CNC(=O)CC1CC2(CCN(CCc3ccccc3)CC2)c2cc(F)ccc21.O=CO. The number of hydrogen-bond donors (Lipinski definition) is 2. The molecule has 1 unspecified atom stereocenters. The highest BCUT2D eigenvalue weighted by molar-refractivity contribution is 5.77. The molecule has 2 aliphatic rings. The first-order valence-corrected chi connectivity index (χ1v) is 10.9. The zero-order valence-electron chi connectivity index (χ0n) is 18.0. The van der Waals surface area contributed by atoms with Crippen molar-refractivity contribution in [3.05, 3.63) is 71.0 Å². The Morgan fingerprint density at radius 2 is 1.90 bits per heavy atom. The Balaban J connectivity index is 0.000000858. The van der Waals surface area contributed by atoms with Crippen LogP contribution >= 0.6 is 0 Å². The fourth-order valence-corrected chi connectivity index (χ4v) is 5.15.